The average Bonchev–Trinajstić information content (AvgIpc) is 2.51. The Balaban J connectivity index is 2.35. The quantitative estimate of drug-likeness (QED) is 0.674. The molecule has 0 aromatic carbocycles. The topological polar surface area (TPSA) is 97.1 Å². The third-order valence-electron chi connectivity index (χ3n) is 3.35. The van der Waals surface area contributed by atoms with Crippen LogP contribution in [0.4, 0.5) is 0 Å². The van der Waals surface area contributed by atoms with Crippen molar-refractivity contribution in [1.82, 2.24) is 15.6 Å². The van der Waals surface area contributed by atoms with E-state index in [2.05, 4.69) is 15.6 Å². The van der Waals surface area contributed by atoms with Crippen molar-refractivity contribution in [2.45, 2.75) is 32.2 Å². The van der Waals surface area contributed by atoms with Gasteiger partial charge in [-0.25, -0.2) is 0 Å². The fourth-order valence-corrected chi connectivity index (χ4v) is 1.59. The van der Waals surface area contributed by atoms with E-state index in [1.54, 1.807) is 18.2 Å². The molecule has 1 heterocycles. The largest absolute Gasteiger partial charge is 0.353 e. The van der Waals surface area contributed by atoms with E-state index in [4.69, 9.17) is 5.73 Å². The number of hydrogen-bond acceptors (Lipinski definition) is 4. The van der Waals surface area contributed by atoms with Crippen LogP contribution in [-0.4, -0.2) is 35.4 Å². The summed E-state index contributed by atoms with van der Waals surface area (Å²) in [5, 5.41) is 5.25. The van der Waals surface area contributed by atoms with Crippen LogP contribution in [0.5, 0.6) is 0 Å². The lowest BCUT2D eigenvalue weighted by Crippen LogP contribution is -2.50. The smallest absolute Gasteiger partial charge is 0.270 e. The molecule has 0 fully saturated rings. The second-order valence-corrected chi connectivity index (χ2v) is 4.74. The summed E-state index contributed by atoms with van der Waals surface area (Å²) >= 11 is 0. The highest BCUT2D eigenvalue weighted by molar-refractivity contribution is 5.94. The lowest BCUT2D eigenvalue weighted by atomic mass is 9.94. The molecule has 1 aromatic rings. The van der Waals surface area contributed by atoms with Crippen molar-refractivity contribution < 1.29 is 9.59 Å². The normalized spacial score (nSPS) is 10.9. The summed E-state index contributed by atoms with van der Waals surface area (Å²) in [6, 6.07) is 5.03. The minimum atomic E-state index is -0.388. The van der Waals surface area contributed by atoms with Gasteiger partial charge in [0.15, 0.2) is 0 Å². The summed E-state index contributed by atoms with van der Waals surface area (Å²) in [5.74, 6) is -0.628. The molecular formula is C14H22N4O2. The van der Waals surface area contributed by atoms with Gasteiger partial charge in [0, 0.05) is 18.3 Å². The summed E-state index contributed by atoms with van der Waals surface area (Å²) in [5.41, 5.74) is 5.98. The number of nitrogens with one attached hydrogen (secondary N) is 2. The zero-order chi connectivity index (χ0) is 15.0. The first-order valence-corrected chi connectivity index (χ1v) is 6.75. The SMILES string of the molecule is CCC(N)(CC)CNC(=O)CNC(=O)c1ccccn1. The molecule has 6 heteroatoms. The lowest BCUT2D eigenvalue weighted by molar-refractivity contribution is -0.120. The van der Waals surface area contributed by atoms with Crippen LogP contribution in [0.15, 0.2) is 24.4 Å². The van der Waals surface area contributed by atoms with E-state index in [0.29, 0.717) is 6.54 Å². The van der Waals surface area contributed by atoms with Crippen LogP contribution in [0.2, 0.25) is 0 Å². The Morgan fingerprint density at radius 3 is 2.50 bits per heavy atom. The van der Waals surface area contributed by atoms with Crippen LogP contribution < -0.4 is 16.4 Å². The Bertz CT molecular complexity index is 444. The van der Waals surface area contributed by atoms with E-state index >= 15 is 0 Å². The number of aromatic nitrogens is 1. The molecule has 0 aliphatic rings. The van der Waals surface area contributed by atoms with Crippen molar-refractivity contribution in [3.8, 4) is 0 Å². The predicted molar refractivity (Wildman–Crippen MR) is 77.1 cm³/mol. The summed E-state index contributed by atoms with van der Waals surface area (Å²) in [7, 11) is 0. The molecule has 0 aliphatic carbocycles. The molecule has 0 unspecified atom stereocenters. The molecule has 0 radical (unpaired) electrons. The average molecular weight is 278 g/mol. The number of nitrogens with zero attached hydrogens (tertiary/aromatic N) is 1. The summed E-state index contributed by atoms with van der Waals surface area (Å²) in [6.45, 7) is 4.29. The minimum absolute atomic E-state index is 0.0844. The number of pyridine rings is 1. The molecule has 1 aromatic heterocycles. The highest BCUT2D eigenvalue weighted by Gasteiger charge is 2.20. The Morgan fingerprint density at radius 1 is 1.25 bits per heavy atom. The summed E-state index contributed by atoms with van der Waals surface area (Å²) < 4.78 is 0. The van der Waals surface area contributed by atoms with Crippen LogP contribution >= 0.6 is 0 Å². The highest BCUT2D eigenvalue weighted by Crippen LogP contribution is 2.08. The predicted octanol–water partition coefficient (Wildman–Crippen LogP) is 0.445. The number of rotatable bonds is 7. The maximum Gasteiger partial charge on any atom is 0.270 e. The van der Waals surface area contributed by atoms with Crippen molar-refractivity contribution in [3.63, 3.8) is 0 Å². The van der Waals surface area contributed by atoms with Crippen LogP contribution in [0.25, 0.3) is 0 Å². The Morgan fingerprint density at radius 2 is 1.95 bits per heavy atom. The fraction of sp³-hybridized carbons (Fsp3) is 0.500. The molecule has 0 bridgehead atoms. The van der Waals surface area contributed by atoms with Gasteiger partial charge < -0.3 is 16.4 Å². The van der Waals surface area contributed by atoms with Gasteiger partial charge in [0.25, 0.3) is 5.91 Å². The molecule has 0 aliphatic heterocycles. The molecule has 2 amide bonds. The molecule has 4 N–H and O–H groups in total. The molecule has 6 nitrogen and oxygen atoms in total. The molecule has 0 spiro atoms. The first-order valence-electron chi connectivity index (χ1n) is 6.75. The number of nitrogens with two attached hydrogens (primary N) is 1. The monoisotopic (exact) mass is 278 g/mol. The number of hydrogen-bond donors (Lipinski definition) is 3. The van der Waals surface area contributed by atoms with E-state index in [0.717, 1.165) is 12.8 Å². The summed E-state index contributed by atoms with van der Waals surface area (Å²) in [6.07, 6.45) is 3.09. The third-order valence-corrected chi connectivity index (χ3v) is 3.35. The molecule has 110 valence electrons. The van der Waals surface area contributed by atoms with Gasteiger partial charge in [-0.1, -0.05) is 19.9 Å². The highest BCUT2D eigenvalue weighted by atomic mass is 16.2. The molecule has 0 atom stereocenters. The van der Waals surface area contributed by atoms with Gasteiger partial charge in [0.2, 0.25) is 5.91 Å². The number of carbonyl (C=O) groups is 2. The third kappa shape index (κ3) is 4.97. The van der Waals surface area contributed by atoms with Crippen molar-refractivity contribution >= 4 is 11.8 Å². The summed E-state index contributed by atoms with van der Waals surface area (Å²) in [4.78, 5) is 27.2. The minimum Gasteiger partial charge on any atom is -0.353 e. The maximum absolute atomic E-state index is 11.7. The maximum atomic E-state index is 11.7. The van der Waals surface area contributed by atoms with Crippen molar-refractivity contribution in [1.29, 1.82) is 0 Å². The molecule has 20 heavy (non-hydrogen) atoms. The van der Waals surface area contributed by atoms with Gasteiger partial charge in [-0.05, 0) is 25.0 Å². The van der Waals surface area contributed by atoms with E-state index in [9.17, 15) is 9.59 Å². The molecule has 0 saturated heterocycles. The van der Waals surface area contributed by atoms with Crippen molar-refractivity contribution in [2.24, 2.45) is 5.73 Å². The standard InChI is InChI=1S/C14H22N4O2/c1-3-14(15,4-2)10-18-12(19)9-17-13(20)11-7-5-6-8-16-11/h5-8H,3-4,9-10,15H2,1-2H3,(H,17,20)(H,18,19). The van der Waals surface area contributed by atoms with Crippen LogP contribution in [-0.2, 0) is 4.79 Å². The zero-order valence-electron chi connectivity index (χ0n) is 12.0. The lowest BCUT2D eigenvalue weighted by Gasteiger charge is -2.26. The van der Waals surface area contributed by atoms with E-state index in [-0.39, 0.29) is 29.6 Å². The second-order valence-electron chi connectivity index (χ2n) is 4.74. The zero-order valence-corrected chi connectivity index (χ0v) is 12.0. The Hall–Kier alpha value is -1.95. The Labute approximate surface area is 119 Å². The van der Waals surface area contributed by atoms with Gasteiger partial charge >= 0.3 is 0 Å². The first kappa shape index (κ1) is 16.1. The molecule has 0 saturated carbocycles. The number of amides is 2. The van der Waals surface area contributed by atoms with Gasteiger partial charge in [-0.15, -0.1) is 0 Å². The van der Waals surface area contributed by atoms with E-state index in [1.807, 2.05) is 13.8 Å². The Kier molecular flexibility index (Phi) is 6.11. The van der Waals surface area contributed by atoms with Gasteiger partial charge in [-0.2, -0.15) is 0 Å². The van der Waals surface area contributed by atoms with Crippen LogP contribution in [0, 0.1) is 0 Å². The second kappa shape index (κ2) is 7.59. The number of carbonyl (C=O) groups excluding carboxylic acids is 2. The van der Waals surface area contributed by atoms with E-state index in [1.165, 1.54) is 6.20 Å². The van der Waals surface area contributed by atoms with Gasteiger partial charge in [-0.3, -0.25) is 14.6 Å². The molecular weight excluding hydrogens is 256 g/mol. The van der Waals surface area contributed by atoms with Crippen molar-refractivity contribution in [2.75, 3.05) is 13.1 Å². The van der Waals surface area contributed by atoms with Crippen LogP contribution in [0.1, 0.15) is 37.2 Å². The van der Waals surface area contributed by atoms with Crippen molar-refractivity contribution in [3.05, 3.63) is 30.1 Å². The fourth-order valence-electron chi connectivity index (χ4n) is 1.59. The van der Waals surface area contributed by atoms with Gasteiger partial charge in [0.1, 0.15) is 5.69 Å². The first-order chi connectivity index (χ1) is 9.50. The van der Waals surface area contributed by atoms with Crippen LogP contribution in [0.3, 0.4) is 0 Å². The van der Waals surface area contributed by atoms with E-state index < -0.39 is 0 Å². The van der Waals surface area contributed by atoms with Gasteiger partial charge in [0.05, 0.1) is 6.54 Å². The molecule has 1 rings (SSSR count).